The van der Waals surface area contributed by atoms with Crippen LogP contribution in [0, 0.1) is 11.3 Å². The number of methoxy groups -OCH3 is 1. The predicted molar refractivity (Wildman–Crippen MR) is 111 cm³/mol. The minimum absolute atomic E-state index is 0.625. The van der Waals surface area contributed by atoms with E-state index >= 15 is 0 Å². The Morgan fingerprint density at radius 3 is 2.19 bits per heavy atom. The molecule has 1 aromatic heterocycles. The van der Waals surface area contributed by atoms with E-state index in [-0.39, 0.29) is 0 Å². The van der Waals surface area contributed by atoms with Gasteiger partial charge >= 0.3 is 24.3 Å². The number of aromatic nitrogens is 1. The van der Waals surface area contributed by atoms with E-state index in [0.717, 1.165) is 31.6 Å². The molecule has 2 aromatic rings. The fourth-order valence-corrected chi connectivity index (χ4v) is 3.04. The van der Waals surface area contributed by atoms with E-state index in [4.69, 9.17) is 29.8 Å². The molecule has 3 rings (SSSR count). The fourth-order valence-electron chi connectivity index (χ4n) is 3.04. The maximum Gasteiger partial charge on any atom is 0.490 e. The molecule has 0 amide bonds. The second-order valence-corrected chi connectivity index (χ2v) is 7.25. The number of nitriles is 1. The second-order valence-electron chi connectivity index (χ2n) is 7.25. The quantitative estimate of drug-likeness (QED) is 0.581. The number of fused-ring (bicyclic) bond motifs is 1. The number of carbonyl (C=O) groups is 2. The van der Waals surface area contributed by atoms with Gasteiger partial charge in [0.05, 0.1) is 18.2 Å². The first kappa shape index (κ1) is 30.3. The largest absolute Gasteiger partial charge is 0.490 e. The van der Waals surface area contributed by atoms with Crippen LogP contribution in [0.1, 0.15) is 27.8 Å². The third-order valence-electron chi connectivity index (χ3n) is 4.56. The molecule has 196 valence electrons. The molecule has 36 heavy (non-hydrogen) atoms. The zero-order valence-electron chi connectivity index (χ0n) is 18.7. The standard InChI is InChI=1S/C18H19N3O.2C2HF3O2/c1-22-13-17-10-20-9-16-12-21(6-5-18(16)17)11-15-4-2-3-14(7-15)8-19;2*3-2(4,5)1(6)7/h2-4,7,9-10H,5-6,11-13H2,1H3;2*(H,6,7). The highest BCUT2D eigenvalue weighted by atomic mass is 19.4. The molecule has 0 radical (unpaired) electrons. The van der Waals surface area contributed by atoms with Crippen LogP contribution in [-0.4, -0.2) is 58.0 Å². The van der Waals surface area contributed by atoms with Crippen LogP contribution >= 0.6 is 0 Å². The number of ether oxygens (including phenoxy) is 1. The molecule has 0 atom stereocenters. The molecule has 0 spiro atoms. The molecule has 0 saturated carbocycles. The molecule has 1 aliphatic rings. The molecular formula is C22H21F6N3O5. The van der Waals surface area contributed by atoms with E-state index in [1.165, 1.54) is 22.3 Å². The Hall–Kier alpha value is -3.70. The highest BCUT2D eigenvalue weighted by molar-refractivity contribution is 5.73. The van der Waals surface area contributed by atoms with Crippen molar-refractivity contribution < 1.29 is 50.9 Å². The Labute approximate surface area is 201 Å². The molecule has 1 aromatic carbocycles. The topological polar surface area (TPSA) is 124 Å². The lowest BCUT2D eigenvalue weighted by Gasteiger charge is -2.29. The van der Waals surface area contributed by atoms with Gasteiger partial charge in [0.15, 0.2) is 0 Å². The van der Waals surface area contributed by atoms with Gasteiger partial charge < -0.3 is 14.9 Å². The van der Waals surface area contributed by atoms with Crippen LogP contribution < -0.4 is 0 Å². The molecule has 2 heterocycles. The maximum atomic E-state index is 10.6. The molecule has 8 nitrogen and oxygen atoms in total. The number of pyridine rings is 1. The van der Waals surface area contributed by atoms with Gasteiger partial charge in [0.2, 0.25) is 0 Å². The van der Waals surface area contributed by atoms with Crippen molar-refractivity contribution in [1.29, 1.82) is 5.26 Å². The van der Waals surface area contributed by atoms with Crippen LogP contribution in [0.25, 0.3) is 0 Å². The van der Waals surface area contributed by atoms with Crippen molar-refractivity contribution in [2.45, 2.75) is 38.5 Å². The second kappa shape index (κ2) is 13.4. The van der Waals surface area contributed by atoms with Gasteiger partial charge in [-0.25, -0.2) is 9.59 Å². The van der Waals surface area contributed by atoms with Gasteiger partial charge in [-0.05, 0) is 40.8 Å². The Kier molecular flexibility index (Phi) is 11.3. The number of hydrogen-bond donors (Lipinski definition) is 2. The average Bonchev–Trinajstić information content (AvgIpc) is 2.79. The highest BCUT2D eigenvalue weighted by Crippen LogP contribution is 2.23. The number of aliphatic carboxylic acids is 2. The molecule has 0 saturated heterocycles. The first-order valence-electron chi connectivity index (χ1n) is 9.94. The summed E-state index contributed by atoms with van der Waals surface area (Å²) in [6, 6.07) is 10.0. The van der Waals surface area contributed by atoms with Gasteiger partial charge in [-0.15, -0.1) is 0 Å². The Bertz CT molecular complexity index is 1060. The summed E-state index contributed by atoms with van der Waals surface area (Å²) in [4.78, 5) is 24.5. The summed E-state index contributed by atoms with van der Waals surface area (Å²) in [5, 5.41) is 23.2. The summed E-state index contributed by atoms with van der Waals surface area (Å²) in [6.45, 7) is 3.41. The lowest BCUT2D eigenvalue weighted by molar-refractivity contribution is -0.193. The SMILES string of the molecule is COCc1cncc2c1CCN(Cc1cccc(C#N)c1)C2.O=C(O)C(F)(F)F.O=C(O)C(F)(F)F. The maximum absolute atomic E-state index is 10.6. The summed E-state index contributed by atoms with van der Waals surface area (Å²) in [5.41, 5.74) is 5.78. The molecule has 1 aliphatic heterocycles. The molecule has 0 aliphatic carbocycles. The van der Waals surface area contributed by atoms with Crippen LogP contribution in [0.3, 0.4) is 0 Å². The number of rotatable bonds is 4. The Morgan fingerprint density at radius 1 is 1.11 bits per heavy atom. The van der Waals surface area contributed by atoms with Gasteiger partial charge in [-0.2, -0.15) is 31.6 Å². The number of alkyl halides is 6. The van der Waals surface area contributed by atoms with Crippen molar-refractivity contribution in [2.75, 3.05) is 13.7 Å². The van der Waals surface area contributed by atoms with Crippen LogP contribution in [0.4, 0.5) is 26.3 Å². The summed E-state index contributed by atoms with van der Waals surface area (Å²) in [7, 11) is 1.72. The van der Waals surface area contributed by atoms with E-state index in [1.54, 1.807) is 7.11 Å². The normalized spacial score (nSPS) is 13.2. The lowest BCUT2D eigenvalue weighted by Crippen LogP contribution is -2.31. The van der Waals surface area contributed by atoms with Crippen molar-refractivity contribution in [2.24, 2.45) is 0 Å². The summed E-state index contributed by atoms with van der Waals surface area (Å²) >= 11 is 0. The highest BCUT2D eigenvalue weighted by Gasteiger charge is 2.38. The Morgan fingerprint density at radius 2 is 1.69 bits per heavy atom. The van der Waals surface area contributed by atoms with Crippen molar-refractivity contribution in [1.82, 2.24) is 9.88 Å². The van der Waals surface area contributed by atoms with E-state index in [1.807, 2.05) is 30.6 Å². The number of carboxylic acids is 2. The molecule has 0 unspecified atom stereocenters. The minimum atomic E-state index is -5.08. The zero-order chi connectivity index (χ0) is 27.5. The number of carboxylic acid groups (broad SMARTS) is 2. The number of halogens is 6. The third-order valence-corrected chi connectivity index (χ3v) is 4.56. The fraction of sp³-hybridized carbons (Fsp3) is 0.364. The Balaban J connectivity index is 0.000000383. The van der Waals surface area contributed by atoms with Crippen LogP contribution in [-0.2, 0) is 40.4 Å². The molecule has 0 bridgehead atoms. The number of hydrogen-bond acceptors (Lipinski definition) is 6. The summed E-state index contributed by atoms with van der Waals surface area (Å²) in [6.07, 6.45) is -5.27. The number of nitrogens with zero attached hydrogens (tertiary/aromatic N) is 3. The average molecular weight is 521 g/mol. The smallest absolute Gasteiger partial charge is 0.475 e. The van der Waals surface area contributed by atoms with Gasteiger partial charge in [0, 0.05) is 39.1 Å². The third kappa shape index (κ3) is 10.3. The lowest BCUT2D eigenvalue weighted by atomic mass is 9.97. The minimum Gasteiger partial charge on any atom is -0.475 e. The summed E-state index contributed by atoms with van der Waals surface area (Å²) in [5.74, 6) is -5.51. The van der Waals surface area contributed by atoms with Gasteiger partial charge in [0.25, 0.3) is 0 Å². The monoisotopic (exact) mass is 521 g/mol. The first-order chi connectivity index (χ1) is 16.7. The number of benzene rings is 1. The molecule has 0 fully saturated rings. The van der Waals surface area contributed by atoms with Crippen molar-refractivity contribution in [3.8, 4) is 6.07 Å². The van der Waals surface area contributed by atoms with E-state index in [9.17, 15) is 26.3 Å². The van der Waals surface area contributed by atoms with Crippen molar-refractivity contribution in [3.63, 3.8) is 0 Å². The van der Waals surface area contributed by atoms with Crippen LogP contribution in [0.5, 0.6) is 0 Å². The van der Waals surface area contributed by atoms with E-state index < -0.39 is 24.3 Å². The predicted octanol–water partition coefficient (Wildman–Crippen LogP) is 3.92. The van der Waals surface area contributed by atoms with Crippen molar-refractivity contribution in [3.05, 3.63) is 64.5 Å². The van der Waals surface area contributed by atoms with Gasteiger partial charge in [-0.1, -0.05) is 12.1 Å². The van der Waals surface area contributed by atoms with Crippen LogP contribution in [0.15, 0.2) is 36.7 Å². The molecule has 2 N–H and O–H groups in total. The summed E-state index contributed by atoms with van der Waals surface area (Å²) < 4.78 is 68.7. The molecular weight excluding hydrogens is 500 g/mol. The van der Waals surface area contributed by atoms with Crippen molar-refractivity contribution >= 4 is 11.9 Å². The first-order valence-corrected chi connectivity index (χ1v) is 9.94. The van der Waals surface area contributed by atoms with Crippen LogP contribution in [0.2, 0.25) is 0 Å². The molecule has 14 heteroatoms. The van der Waals surface area contributed by atoms with E-state index in [0.29, 0.717) is 6.61 Å². The van der Waals surface area contributed by atoms with E-state index in [2.05, 4.69) is 22.0 Å². The van der Waals surface area contributed by atoms with Gasteiger partial charge in [-0.3, -0.25) is 9.88 Å². The zero-order valence-corrected chi connectivity index (χ0v) is 18.7. The van der Waals surface area contributed by atoms with Gasteiger partial charge in [0.1, 0.15) is 0 Å².